The van der Waals surface area contributed by atoms with E-state index < -0.39 is 10.0 Å². The molecule has 0 amide bonds. The molecule has 28 heavy (non-hydrogen) atoms. The molecule has 2 heterocycles. The molecule has 0 aliphatic carbocycles. The fourth-order valence-electron chi connectivity index (χ4n) is 3.35. The number of rotatable bonds is 5. The standard InChI is InChI=1S/C19H20N4O4S/c1-23(28(24,25)13-4-5-15-12(8-13)6-7-20-15)17-11-21-22-16-10-19(27-3)18(26-2)9-14(16)17/h4-5,8-11,20H,6-7H2,1-3H3. The van der Waals surface area contributed by atoms with Gasteiger partial charge in [0, 0.05) is 30.7 Å². The Morgan fingerprint density at radius 1 is 1.11 bits per heavy atom. The number of hydrogen-bond acceptors (Lipinski definition) is 7. The van der Waals surface area contributed by atoms with E-state index in [0.717, 1.165) is 24.2 Å². The average Bonchev–Trinajstić information content (AvgIpc) is 3.19. The second-order valence-corrected chi connectivity index (χ2v) is 8.39. The lowest BCUT2D eigenvalue weighted by atomic mass is 10.2. The van der Waals surface area contributed by atoms with E-state index in [0.29, 0.717) is 28.1 Å². The smallest absolute Gasteiger partial charge is 0.264 e. The van der Waals surface area contributed by atoms with Gasteiger partial charge in [-0.25, -0.2) is 8.42 Å². The minimum Gasteiger partial charge on any atom is -0.493 e. The van der Waals surface area contributed by atoms with Gasteiger partial charge in [-0.1, -0.05) is 0 Å². The number of fused-ring (bicyclic) bond motifs is 2. The lowest BCUT2D eigenvalue weighted by Crippen LogP contribution is -2.27. The maximum atomic E-state index is 13.3. The van der Waals surface area contributed by atoms with Crippen molar-refractivity contribution in [3.63, 3.8) is 0 Å². The molecule has 146 valence electrons. The highest BCUT2D eigenvalue weighted by atomic mass is 32.2. The molecule has 0 spiro atoms. The number of methoxy groups -OCH3 is 2. The topological polar surface area (TPSA) is 93.7 Å². The monoisotopic (exact) mass is 400 g/mol. The summed E-state index contributed by atoms with van der Waals surface area (Å²) in [6.45, 7) is 0.815. The van der Waals surface area contributed by atoms with Crippen LogP contribution in [0.25, 0.3) is 10.9 Å². The summed E-state index contributed by atoms with van der Waals surface area (Å²) in [4.78, 5) is 0.239. The predicted octanol–water partition coefficient (Wildman–Crippen LogP) is 2.44. The van der Waals surface area contributed by atoms with Gasteiger partial charge in [-0.05, 0) is 36.2 Å². The lowest BCUT2D eigenvalue weighted by molar-refractivity contribution is 0.355. The Labute approximate surface area is 163 Å². The van der Waals surface area contributed by atoms with Crippen LogP contribution in [0, 0.1) is 0 Å². The quantitative estimate of drug-likeness (QED) is 0.703. The SMILES string of the molecule is COc1cc2nncc(N(C)S(=O)(=O)c3ccc4c(c3)CCN4)c2cc1OC. The molecule has 8 nitrogen and oxygen atoms in total. The molecule has 0 saturated carbocycles. The van der Waals surface area contributed by atoms with Gasteiger partial charge in [0.1, 0.15) is 0 Å². The Morgan fingerprint density at radius 3 is 2.61 bits per heavy atom. The van der Waals surface area contributed by atoms with E-state index in [1.165, 1.54) is 31.8 Å². The third-order valence-corrected chi connectivity index (χ3v) is 6.67. The maximum absolute atomic E-state index is 13.3. The van der Waals surface area contributed by atoms with Gasteiger partial charge in [-0.3, -0.25) is 4.31 Å². The maximum Gasteiger partial charge on any atom is 0.264 e. The number of benzene rings is 2. The zero-order valence-corrected chi connectivity index (χ0v) is 16.6. The molecule has 0 radical (unpaired) electrons. The Bertz CT molecular complexity index is 1160. The summed E-state index contributed by atoms with van der Waals surface area (Å²) < 4.78 is 38.4. The van der Waals surface area contributed by atoms with Gasteiger partial charge in [0.2, 0.25) is 0 Å². The van der Waals surface area contributed by atoms with Crippen LogP contribution in [0.5, 0.6) is 11.5 Å². The second kappa shape index (κ2) is 6.83. The number of nitrogens with zero attached hydrogens (tertiary/aromatic N) is 3. The van der Waals surface area contributed by atoms with Crippen molar-refractivity contribution in [3.8, 4) is 11.5 Å². The first-order valence-corrected chi connectivity index (χ1v) is 10.1. The van der Waals surface area contributed by atoms with Gasteiger partial charge in [0.15, 0.2) is 11.5 Å². The van der Waals surface area contributed by atoms with E-state index in [9.17, 15) is 8.42 Å². The van der Waals surface area contributed by atoms with Crippen LogP contribution in [0.1, 0.15) is 5.56 Å². The van der Waals surface area contributed by atoms with E-state index in [1.54, 1.807) is 30.3 Å². The molecule has 2 aromatic carbocycles. The number of ether oxygens (including phenoxy) is 2. The molecule has 1 aliphatic rings. The van der Waals surface area contributed by atoms with Gasteiger partial charge in [0.05, 0.1) is 36.5 Å². The van der Waals surface area contributed by atoms with Crippen LogP contribution < -0.4 is 19.1 Å². The van der Waals surface area contributed by atoms with Crippen molar-refractivity contribution in [2.75, 3.05) is 37.4 Å². The van der Waals surface area contributed by atoms with Gasteiger partial charge in [-0.15, -0.1) is 0 Å². The van der Waals surface area contributed by atoms with Crippen molar-refractivity contribution in [1.29, 1.82) is 0 Å². The van der Waals surface area contributed by atoms with E-state index in [4.69, 9.17) is 9.47 Å². The van der Waals surface area contributed by atoms with Crippen molar-refractivity contribution < 1.29 is 17.9 Å². The van der Waals surface area contributed by atoms with E-state index in [1.807, 2.05) is 0 Å². The summed E-state index contributed by atoms with van der Waals surface area (Å²) in [5.41, 5.74) is 2.90. The highest BCUT2D eigenvalue weighted by Gasteiger charge is 2.25. The highest BCUT2D eigenvalue weighted by molar-refractivity contribution is 7.92. The minimum absolute atomic E-state index is 0.239. The molecule has 0 bridgehead atoms. The lowest BCUT2D eigenvalue weighted by Gasteiger charge is -2.21. The molecule has 1 aromatic heterocycles. The summed E-state index contributed by atoms with van der Waals surface area (Å²) in [5.74, 6) is 0.983. The fraction of sp³-hybridized carbons (Fsp3) is 0.263. The molecule has 0 saturated heterocycles. The van der Waals surface area contributed by atoms with Crippen molar-refractivity contribution in [3.05, 3.63) is 42.1 Å². The summed E-state index contributed by atoms with van der Waals surface area (Å²) in [7, 11) is 0.786. The number of hydrogen-bond donors (Lipinski definition) is 1. The van der Waals surface area contributed by atoms with Crippen LogP contribution in [-0.2, 0) is 16.4 Å². The second-order valence-electron chi connectivity index (χ2n) is 6.42. The van der Waals surface area contributed by atoms with Crippen LogP contribution in [0.15, 0.2) is 41.4 Å². The summed E-state index contributed by atoms with van der Waals surface area (Å²) >= 11 is 0. The normalized spacial score (nSPS) is 13.1. The van der Waals surface area contributed by atoms with E-state index in [2.05, 4.69) is 15.5 Å². The van der Waals surface area contributed by atoms with E-state index in [-0.39, 0.29) is 4.90 Å². The molecule has 1 aliphatic heterocycles. The third-order valence-electron chi connectivity index (χ3n) is 4.91. The summed E-state index contributed by atoms with van der Waals surface area (Å²) in [6.07, 6.45) is 2.24. The molecule has 3 aromatic rings. The molecule has 1 N–H and O–H groups in total. The molecule has 0 fully saturated rings. The Morgan fingerprint density at radius 2 is 1.86 bits per heavy atom. The molecular formula is C19H20N4O4S. The minimum atomic E-state index is -3.77. The van der Waals surface area contributed by atoms with Crippen LogP contribution in [0.4, 0.5) is 11.4 Å². The van der Waals surface area contributed by atoms with Gasteiger partial charge >= 0.3 is 0 Å². The zero-order valence-electron chi connectivity index (χ0n) is 15.8. The van der Waals surface area contributed by atoms with Crippen LogP contribution in [0.2, 0.25) is 0 Å². The zero-order chi connectivity index (χ0) is 19.9. The van der Waals surface area contributed by atoms with E-state index >= 15 is 0 Å². The number of sulfonamides is 1. The van der Waals surface area contributed by atoms with Crippen LogP contribution >= 0.6 is 0 Å². The summed E-state index contributed by atoms with van der Waals surface area (Å²) in [5, 5.41) is 11.9. The van der Waals surface area contributed by atoms with Gasteiger partial charge in [0.25, 0.3) is 10.0 Å². The third kappa shape index (κ3) is 2.88. The Hall–Kier alpha value is -3.07. The van der Waals surface area contributed by atoms with Crippen molar-refractivity contribution in [2.45, 2.75) is 11.3 Å². The first kappa shape index (κ1) is 18.3. The number of anilines is 2. The highest BCUT2D eigenvalue weighted by Crippen LogP contribution is 2.36. The van der Waals surface area contributed by atoms with Crippen molar-refractivity contribution >= 4 is 32.3 Å². The predicted molar refractivity (Wildman–Crippen MR) is 107 cm³/mol. The first-order valence-electron chi connectivity index (χ1n) is 8.69. The summed E-state index contributed by atoms with van der Waals surface area (Å²) in [6, 6.07) is 8.52. The van der Waals surface area contributed by atoms with Gasteiger partial charge < -0.3 is 14.8 Å². The first-order chi connectivity index (χ1) is 13.5. The number of aromatic nitrogens is 2. The molecular weight excluding hydrogens is 380 g/mol. The number of nitrogens with one attached hydrogen (secondary N) is 1. The Kier molecular flexibility index (Phi) is 4.46. The molecule has 9 heteroatoms. The van der Waals surface area contributed by atoms with Crippen LogP contribution in [0.3, 0.4) is 0 Å². The van der Waals surface area contributed by atoms with Crippen molar-refractivity contribution in [1.82, 2.24) is 10.2 Å². The van der Waals surface area contributed by atoms with Crippen molar-refractivity contribution in [2.24, 2.45) is 0 Å². The average molecular weight is 400 g/mol. The van der Waals surface area contributed by atoms with Crippen LogP contribution in [-0.4, -0.2) is 46.4 Å². The fourth-order valence-corrected chi connectivity index (χ4v) is 4.60. The largest absolute Gasteiger partial charge is 0.493 e. The molecule has 0 atom stereocenters. The molecule has 4 rings (SSSR count). The Balaban J connectivity index is 1.83. The van der Waals surface area contributed by atoms with Gasteiger partial charge in [-0.2, -0.15) is 10.2 Å². The molecule has 0 unspecified atom stereocenters.